The van der Waals surface area contributed by atoms with E-state index in [-0.39, 0.29) is 0 Å². The SMILES string of the molecule is Cc1ncc(CC2CNC2)[nH]1. The van der Waals surface area contributed by atoms with Crippen LogP contribution in [0.25, 0.3) is 0 Å². The monoisotopic (exact) mass is 151 g/mol. The van der Waals surface area contributed by atoms with Gasteiger partial charge in [-0.05, 0) is 32.4 Å². The van der Waals surface area contributed by atoms with E-state index in [9.17, 15) is 0 Å². The highest BCUT2D eigenvalue weighted by Crippen LogP contribution is 2.10. The lowest BCUT2D eigenvalue weighted by atomic mass is 9.98. The molecule has 0 aromatic carbocycles. The Balaban J connectivity index is 1.95. The Morgan fingerprint density at radius 1 is 1.64 bits per heavy atom. The summed E-state index contributed by atoms with van der Waals surface area (Å²) in [5.41, 5.74) is 1.27. The van der Waals surface area contributed by atoms with Gasteiger partial charge in [0, 0.05) is 11.9 Å². The standard InChI is InChI=1S/C8H13N3/c1-6-10-5-8(11-6)2-7-3-9-4-7/h5,7,9H,2-4H2,1H3,(H,10,11). The first-order valence-corrected chi connectivity index (χ1v) is 4.06. The summed E-state index contributed by atoms with van der Waals surface area (Å²) in [6.45, 7) is 4.32. The zero-order chi connectivity index (χ0) is 7.68. The molecular weight excluding hydrogens is 138 g/mol. The molecule has 2 rings (SSSR count). The molecule has 3 nitrogen and oxygen atoms in total. The van der Waals surface area contributed by atoms with Gasteiger partial charge in [0.15, 0.2) is 0 Å². The van der Waals surface area contributed by atoms with Crippen LogP contribution in [0.3, 0.4) is 0 Å². The van der Waals surface area contributed by atoms with E-state index in [0.717, 1.165) is 31.3 Å². The lowest BCUT2D eigenvalue weighted by Crippen LogP contribution is -2.43. The third-order valence-electron chi connectivity index (χ3n) is 2.13. The van der Waals surface area contributed by atoms with Crippen LogP contribution in [0.1, 0.15) is 11.5 Å². The van der Waals surface area contributed by atoms with Gasteiger partial charge >= 0.3 is 0 Å². The molecule has 0 atom stereocenters. The third kappa shape index (κ3) is 1.43. The fourth-order valence-corrected chi connectivity index (χ4v) is 1.38. The predicted octanol–water partition coefficient (Wildman–Crippen LogP) is 0.480. The van der Waals surface area contributed by atoms with Gasteiger partial charge in [-0.1, -0.05) is 0 Å². The predicted molar refractivity (Wildman–Crippen MR) is 43.4 cm³/mol. The summed E-state index contributed by atoms with van der Waals surface area (Å²) in [7, 11) is 0. The summed E-state index contributed by atoms with van der Waals surface area (Å²) in [4.78, 5) is 7.39. The van der Waals surface area contributed by atoms with Gasteiger partial charge in [0.05, 0.1) is 0 Å². The molecule has 2 heterocycles. The molecule has 0 amide bonds. The molecule has 0 bridgehead atoms. The number of aryl methyl sites for hydroxylation is 1. The maximum Gasteiger partial charge on any atom is 0.103 e. The number of imidazole rings is 1. The van der Waals surface area contributed by atoms with Crippen molar-refractivity contribution in [2.24, 2.45) is 5.92 Å². The summed E-state index contributed by atoms with van der Waals surface area (Å²) in [5.74, 6) is 1.85. The highest BCUT2D eigenvalue weighted by molar-refractivity contribution is 5.02. The normalized spacial score (nSPS) is 18.3. The number of aromatic amines is 1. The van der Waals surface area contributed by atoms with Gasteiger partial charge in [0.2, 0.25) is 0 Å². The van der Waals surface area contributed by atoms with Gasteiger partial charge in [-0.2, -0.15) is 0 Å². The second-order valence-corrected chi connectivity index (χ2v) is 3.22. The van der Waals surface area contributed by atoms with Gasteiger partial charge in [-0.3, -0.25) is 0 Å². The Bertz CT molecular complexity index is 237. The Kier molecular flexibility index (Phi) is 1.66. The quantitative estimate of drug-likeness (QED) is 0.645. The van der Waals surface area contributed by atoms with Crippen LogP contribution in [0.4, 0.5) is 0 Å². The molecule has 0 aliphatic carbocycles. The fraction of sp³-hybridized carbons (Fsp3) is 0.625. The van der Waals surface area contributed by atoms with Crippen molar-refractivity contribution in [1.29, 1.82) is 0 Å². The summed E-state index contributed by atoms with van der Waals surface area (Å²) >= 11 is 0. The van der Waals surface area contributed by atoms with Crippen LogP contribution in [0.2, 0.25) is 0 Å². The average Bonchev–Trinajstić information content (AvgIpc) is 2.27. The van der Waals surface area contributed by atoms with Crippen molar-refractivity contribution in [2.45, 2.75) is 13.3 Å². The van der Waals surface area contributed by atoms with Crippen molar-refractivity contribution < 1.29 is 0 Å². The third-order valence-corrected chi connectivity index (χ3v) is 2.13. The topological polar surface area (TPSA) is 40.7 Å². The summed E-state index contributed by atoms with van der Waals surface area (Å²) < 4.78 is 0. The van der Waals surface area contributed by atoms with Crippen LogP contribution in [-0.4, -0.2) is 23.1 Å². The van der Waals surface area contributed by atoms with Gasteiger partial charge in [-0.25, -0.2) is 4.98 Å². The minimum absolute atomic E-state index is 0.829. The van der Waals surface area contributed by atoms with E-state index in [4.69, 9.17) is 0 Å². The average molecular weight is 151 g/mol. The largest absolute Gasteiger partial charge is 0.346 e. The number of hydrogen-bond donors (Lipinski definition) is 2. The van der Waals surface area contributed by atoms with Gasteiger partial charge in [0.1, 0.15) is 5.82 Å². The minimum atomic E-state index is 0.829. The second-order valence-electron chi connectivity index (χ2n) is 3.22. The molecular formula is C8H13N3. The fourth-order valence-electron chi connectivity index (χ4n) is 1.38. The van der Waals surface area contributed by atoms with E-state index in [1.807, 2.05) is 13.1 Å². The van der Waals surface area contributed by atoms with Crippen LogP contribution >= 0.6 is 0 Å². The summed E-state index contributed by atoms with van der Waals surface area (Å²) in [6, 6.07) is 0. The van der Waals surface area contributed by atoms with Gasteiger partial charge in [-0.15, -0.1) is 0 Å². The van der Waals surface area contributed by atoms with Crippen molar-refractivity contribution in [3.63, 3.8) is 0 Å². The molecule has 1 aliphatic rings. The lowest BCUT2D eigenvalue weighted by molar-refractivity contribution is 0.344. The molecule has 1 aromatic rings. The maximum absolute atomic E-state index is 4.15. The zero-order valence-corrected chi connectivity index (χ0v) is 6.72. The molecule has 1 saturated heterocycles. The Hall–Kier alpha value is -0.830. The first kappa shape index (κ1) is 6.85. The van der Waals surface area contributed by atoms with E-state index < -0.39 is 0 Å². The number of hydrogen-bond acceptors (Lipinski definition) is 2. The van der Waals surface area contributed by atoms with Crippen molar-refractivity contribution in [2.75, 3.05) is 13.1 Å². The molecule has 2 N–H and O–H groups in total. The lowest BCUT2D eigenvalue weighted by Gasteiger charge is -2.26. The van der Waals surface area contributed by atoms with Crippen molar-refractivity contribution in [3.8, 4) is 0 Å². The molecule has 1 aliphatic heterocycles. The van der Waals surface area contributed by atoms with E-state index in [1.54, 1.807) is 0 Å². The molecule has 60 valence electrons. The van der Waals surface area contributed by atoms with Gasteiger partial charge < -0.3 is 10.3 Å². The van der Waals surface area contributed by atoms with E-state index in [0.29, 0.717) is 0 Å². The summed E-state index contributed by atoms with van der Waals surface area (Å²) in [5, 5.41) is 3.25. The van der Waals surface area contributed by atoms with Crippen molar-refractivity contribution in [1.82, 2.24) is 15.3 Å². The molecule has 1 fully saturated rings. The maximum atomic E-state index is 4.15. The van der Waals surface area contributed by atoms with Crippen LogP contribution in [0, 0.1) is 12.8 Å². The van der Waals surface area contributed by atoms with Crippen molar-refractivity contribution >= 4 is 0 Å². The molecule has 0 saturated carbocycles. The molecule has 0 radical (unpaired) electrons. The smallest absolute Gasteiger partial charge is 0.103 e. The van der Waals surface area contributed by atoms with Crippen LogP contribution < -0.4 is 5.32 Å². The molecule has 11 heavy (non-hydrogen) atoms. The number of H-pyrrole nitrogens is 1. The molecule has 3 heteroatoms. The first-order valence-electron chi connectivity index (χ1n) is 4.06. The zero-order valence-electron chi connectivity index (χ0n) is 6.72. The molecule has 0 spiro atoms. The van der Waals surface area contributed by atoms with E-state index in [2.05, 4.69) is 15.3 Å². The minimum Gasteiger partial charge on any atom is -0.346 e. The molecule has 1 aromatic heterocycles. The molecule has 0 unspecified atom stereocenters. The number of nitrogens with one attached hydrogen (secondary N) is 2. The summed E-state index contributed by atoms with van der Waals surface area (Å²) in [6.07, 6.45) is 3.08. The number of aromatic nitrogens is 2. The highest BCUT2D eigenvalue weighted by atomic mass is 15.0. The van der Waals surface area contributed by atoms with Crippen LogP contribution in [-0.2, 0) is 6.42 Å². The van der Waals surface area contributed by atoms with Crippen LogP contribution in [0.5, 0.6) is 0 Å². The van der Waals surface area contributed by atoms with Crippen LogP contribution in [0.15, 0.2) is 6.20 Å². The second kappa shape index (κ2) is 2.66. The van der Waals surface area contributed by atoms with E-state index in [1.165, 1.54) is 5.69 Å². The Morgan fingerprint density at radius 2 is 2.45 bits per heavy atom. The highest BCUT2D eigenvalue weighted by Gasteiger charge is 2.17. The Morgan fingerprint density at radius 3 is 2.91 bits per heavy atom. The number of rotatable bonds is 2. The van der Waals surface area contributed by atoms with E-state index >= 15 is 0 Å². The van der Waals surface area contributed by atoms with Crippen molar-refractivity contribution in [3.05, 3.63) is 17.7 Å². The first-order chi connectivity index (χ1) is 5.34. The number of nitrogens with zero attached hydrogens (tertiary/aromatic N) is 1. The van der Waals surface area contributed by atoms with Gasteiger partial charge in [0.25, 0.3) is 0 Å². The Labute approximate surface area is 66.2 Å².